The number of nitrogens with two attached hydrogens (primary N) is 1. The van der Waals surface area contributed by atoms with Gasteiger partial charge in [-0.15, -0.1) is 23.1 Å². The van der Waals surface area contributed by atoms with Crippen LogP contribution in [-0.4, -0.2) is 77.7 Å². The molecule has 0 saturated carbocycles. The van der Waals surface area contributed by atoms with Crippen LogP contribution < -0.4 is 26.0 Å². The maximum Gasteiger partial charge on any atom is 0.350 e. The lowest BCUT2D eigenvalue weighted by molar-refractivity contribution is -0.658. The number of amides is 2. The van der Waals surface area contributed by atoms with Crippen molar-refractivity contribution in [3.05, 3.63) is 40.7 Å². The van der Waals surface area contributed by atoms with E-state index >= 15 is 0 Å². The van der Waals surface area contributed by atoms with Gasteiger partial charge in [0.2, 0.25) is 5.60 Å². The number of carbonyl (C=O) groups excluding carboxylic acids is 3. The number of aromatic nitrogens is 2. The van der Waals surface area contributed by atoms with Crippen LogP contribution >= 0.6 is 46.6 Å². The fourth-order valence-corrected chi connectivity index (χ4v) is 8.62. The SMILES string of the molecule is C[n+]1cccc2c1NC(SCC1=C(C(=O)[O-])N3C(=O)C(NC(=O)/C(=N\OC(C)(C)C(=O)O)c4csc(N)n4)[C@H]3SC1)S2. The predicted molar refractivity (Wildman–Crippen MR) is 156 cm³/mol. The number of rotatable bonds is 10. The van der Waals surface area contributed by atoms with Crippen molar-refractivity contribution in [3.63, 3.8) is 0 Å². The third kappa shape index (κ3) is 5.75. The van der Waals surface area contributed by atoms with Gasteiger partial charge in [-0.1, -0.05) is 28.7 Å². The molecule has 5 N–H and O–H groups in total. The fraction of sp³-hybridized carbons (Fsp3) is 0.375. The van der Waals surface area contributed by atoms with Crippen LogP contribution in [0.1, 0.15) is 19.5 Å². The van der Waals surface area contributed by atoms with Gasteiger partial charge in [-0.25, -0.2) is 14.3 Å². The molecule has 3 aliphatic rings. The fourth-order valence-electron chi connectivity index (χ4n) is 4.16. The Kier molecular flexibility index (Phi) is 8.32. The molecular formula is C24H25N7O7S4. The van der Waals surface area contributed by atoms with Crippen molar-refractivity contribution in [2.75, 3.05) is 22.6 Å². The number of carbonyl (C=O) groups is 4. The van der Waals surface area contributed by atoms with Crippen LogP contribution in [0.15, 0.2) is 45.0 Å². The lowest BCUT2D eigenvalue weighted by atomic mass is 10.0. The molecule has 2 unspecified atom stereocenters. The number of carboxylic acid groups (broad SMARTS) is 2. The van der Waals surface area contributed by atoms with Crippen LogP contribution in [0.5, 0.6) is 0 Å². The van der Waals surface area contributed by atoms with Crippen LogP contribution in [-0.2, 0) is 31.1 Å². The first kappa shape index (κ1) is 30.0. The van der Waals surface area contributed by atoms with Gasteiger partial charge in [-0.05, 0) is 31.6 Å². The Morgan fingerprint density at radius 1 is 1.43 bits per heavy atom. The number of pyridine rings is 1. The van der Waals surface area contributed by atoms with Gasteiger partial charge >= 0.3 is 5.97 Å². The Morgan fingerprint density at radius 3 is 2.83 bits per heavy atom. The van der Waals surface area contributed by atoms with Crippen molar-refractivity contribution in [1.29, 1.82) is 0 Å². The zero-order chi connectivity index (χ0) is 30.3. The van der Waals surface area contributed by atoms with Gasteiger partial charge in [0, 0.05) is 16.9 Å². The standard InChI is InChI=1S/C24H25N7O7S4/c1-24(2,21(36)37)38-29-13(11-9-40-22(25)26-11)17(32)27-14-18(33)31-15(20(34)35)10(7-39-19(14)31)8-41-23-28-16-12(42-23)5-4-6-30(16)3/h4-6,9,14,19,23H,7-8H2,1-3H3,(H5,25,26,27,32,34,35,36,37)/b29-13-/t14?,19-,23?/m1/s1. The number of anilines is 2. The molecular weight excluding hydrogens is 627 g/mol. The lowest BCUT2D eigenvalue weighted by Crippen LogP contribution is -2.71. The van der Waals surface area contributed by atoms with E-state index in [1.54, 1.807) is 11.8 Å². The number of aliphatic carboxylic acids is 2. The van der Waals surface area contributed by atoms with E-state index in [1.807, 2.05) is 29.9 Å². The van der Waals surface area contributed by atoms with Gasteiger partial charge < -0.3 is 30.9 Å². The Hall–Kier alpha value is -3.48. The Morgan fingerprint density at radius 2 is 2.19 bits per heavy atom. The number of β-lactam (4-membered cyclic amide) rings is 1. The Bertz CT molecular complexity index is 1540. The van der Waals surface area contributed by atoms with Crippen LogP contribution in [0, 0.1) is 0 Å². The van der Waals surface area contributed by atoms with Gasteiger partial charge in [-0.3, -0.25) is 19.8 Å². The van der Waals surface area contributed by atoms with Crippen LogP contribution in [0.4, 0.5) is 10.9 Å². The maximum atomic E-state index is 13.2. The molecule has 5 rings (SSSR count). The predicted octanol–water partition coefficient (Wildman–Crippen LogP) is -0.228. The molecule has 14 nitrogen and oxygen atoms in total. The third-order valence-corrected chi connectivity index (χ3v) is 11.0. The topological polar surface area (TPSA) is 203 Å². The van der Waals surface area contributed by atoms with Crippen molar-refractivity contribution in [3.8, 4) is 0 Å². The highest BCUT2D eigenvalue weighted by molar-refractivity contribution is 8.17. The molecule has 1 saturated heterocycles. The van der Waals surface area contributed by atoms with Crippen LogP contribution in [0.25, 0.3) is 0 Å². The molecule has 2 aromatic heterocycles. The van der Waals surface area contributed by atoms with Gasteiger partial charge in [-0.2, -0.15) is 0 Å². The van der Waals surface area contributed by atoms with E-state index in [0.717, 1.165) is 27.0 Å². The number of aryl methyl sites for hydroxylation is 1. The molecule has 42 heavy (non-hydrogen) atoms. The third-order valence-electron chi connectivity index (χ3n) is 6.43. The zero-order valence-corrected chi connectivity index (χ0v) is 25.6. The lowest BCUT2D eigenvalue weighted by Gasteiger charge is -2.50. The summed E-state index contributed by atoms with van der Waals surface area (Å²) in [5, 5.41) is 32.1. The van der Waals surface area contributed by atoms with Crippen molar-refractivity contribution < 1.29 is 38.8 Å². The molecule has 0 bridgehead atoms. The van der Waals surface area contributed by atoms with E-state index in [0.29, 0.717) is 17.1 Å². The highest BCUT2D eigenvalue weighted by atomic mass is 32.2. The normalized spacial score (nSPS) is 21.7. The van der Waals surface area contributed by atoms with E-state index in [9.17, 15) is 29.4 Å². The van der Waals surface area contributed by atoms with Gasteiger partial charge in [0.25, 0.3) is 17.6 Å². The summed E-state index contributed by atoms with van der Waals surface area (Å²) < 4.78 is 1.93. The first-order valence-electron chi connectivity index (χ1n) is 12.3. The van der Waals surface area contributed by atoms with Crippen LogP contribution in [0.2, 0.25) is 0 Å². The monoisotopic (exact) mass is 651 g/mol. The van der Waals surface area contributed by atoms with Gasteiger partial charge in [0.05, 0.1) is 24.9 Å². The average Bonchev–Trinajstić information content (AvgIpc) is 3.56. The second kappa shape index (κ2) is 11.7. The quantitative estimate of drug-likeness (QED) is 0.114. The van der Waals surface area contributed by atoms with E-state index in [4.69, 9.17) is 10.6 Å². The first-order chi connectivity index (χ1) is 19.9. The highest BCUT2D eigenvalue weighted by Gasteiger charge is 2.53. The summed E-state index contributed by atoms with van der Waals surface area (Å²) >= 11 is 5.48. The molecule has 2 amide bonds. The Balaban J connectivity index is 1.29. The first-order valence-corrected chi connectivity index (χ1v) is 16.2. The van der Waals surface area contributed by atoms with E-state index in [2.05, 4.69) is 20.8 Å². The van der Waals surface area contributed by atoms with E-state index < -0.39 is 40.8 Å². The largest absolute Gasteiger partial charge is 0.543 e. The number of thioether (sulfide) groups is 3. The zero-order valence-electron chi connectivity index (χ0n) is 22.4. The summed E-state index contributed by atoms with van der Waals surface area (Å²) in [6, 6.07) is 2.89. The number of nitrogens with zero attached hydrogens (tertiary/aromatic N) is 4. The molecule has 3 aliphatic heterocycles. The number of nitrogens with one attached hydrogen (secondary N) is 2. The number of fused-ring (bicyclic) bond motifs is 2. The second-order valence-electron chi connectivity index (χ2n) is 9.76. The number of oxime groups is 1. The Labute approximate surface area is 256 Å². The minimum atomic E-state index is -1.76. The summed E-state index contributed by atoms with van der Waals surface area (Å²) in [6.45, 7) is 2.50. The average molecular weight is 652 g/mol. The van der Waals surface area contributed by atoms with Gasteiger partial charge in [0.15, 0.2) is 15.5 Å². The molecule has 0 aromatic carbocycles. The summed E-state index contributed by atoms with van der Waals surface area (Å²) in [7, 11) is 1.93. The molecule has 2 aromatic rings. The summed E-state index contributed by atoms with van der Waals surface area (Å²) in [6.07, 6.45) is 1.93. The number of thiazole rings is 1. The number of nitrogen functional groups attached to an aromatic ring is 1. The van der Waals surface area contributed by atoms with Crippen molar-refractivity contribution >= 4 is 87.0 Å². The highest BCUT2D eigenvalue weighted by Crippen LogP contribution is 2.44. The second-order valence-corrected chi connectivity index (χ2v) is 14.3. The van der Waals surface area contributed by atoms with Crippen molar-refractivity contribution in [1.82, 2.24) is 15.2 Å². The van der Waals surface area contributed by atoms with Crippen molar-refractivity contribution in [2.45, 2.75) is 40.5 Å². The van der Waals surface area contributed by atoms with Gasteiger partial charge in [0.1, 0.15) is 22.0 Å². The summed E-state index contributed by atoms with van der Waals surface area (Å²) in [5.41, 5.74) is 3.93. The molecule has 3 atom stereocenters. The van der Waals surface area contributed by atoms with Crippen molar-refractivity contribution in [2.24, 2.45) is 12.2 Å². The summed E-state index contributed by atoms with van der Waals surface area (Å²) in [4.78, 5) is 61.4. The van der Waals surface area contributed by atoms with Crippen LogP contribution in [0.3, 0.4) is 0 Å². The minimum absolute atomic E-state index is 0.0277. The molecule has 0 radical (unpaired) electrons. The van der Waals surface area contributed by atoms with E-state index in [-0.39, 0.29) is 26.9 Å². The maximum absolute atomic E-state index is 13.2. The minimum Gasteiger partial charge on any atom is -0.543 e. The number of hydrogen-bond donors (Lipinski definition) is 4. The molecule has 222 valence electrons. The summed E-state index contributed by atoms with van der Waals surface area (Å²) in [5.74, 6) is -2.64. The molecule has 5 heterocycles. The van der Waals surface area contributed by atoms with E-state index in [1.165, 1.54) is 42.8 Å². The molecule has 0 aliphatic carbocycles. The molecule has 0 spiro atoms. The smallest absolute Gasteiger partial charge is 0.350 e. The molecule has 18 heteroatoms. The number of carboxylic acids is 2. The number of hydrogen-bond acceptors (Lipinski definition) is 14. The molecule has 1 fully saturated rings.